The highest BCUT2D eigenvalue weighted by Gasteiger charge is 2.34. The lowest BCUT2D eigenvalue weighted by molar-refractivity contribution is -0.138. The zero-order valence-corrected chi connectivity index (χ0v) is 19.6. The molecule has 0 N–H and O–H groups in total. The predicted octanol–water partition coefficient (Wildman–Crippen LogP) is 5.43. The number of aryl methyl sites for hydroxylation is 1. The topological polar surface area (TPSA) is 23.8 Å². The van der Waals surface area contributed by atoms with Crippen LogP contribution in [-0.4, -0.2) is 46.0 Å². The van der Waals surface area contributed by atoms with Gasteiger partial charge in [-0.2, -0.15) is 13.2 Å². The highest BCUT2D eigenvalue weighted by Crippen LogP contribution is 2.36. The van der Waals surface area contributed by atoms with Gasteiger partial charge in [0.15, 0.2) is 0 Å². The molecule has 1 fully saturated rings. The normalized spacial score (nSPS) is 14.9. The fourth-order valence-electron chi connectivity index (χ4n) is 4.42. The average molecular weight is 475 g/mol. The molecule has 0 aliphatic carbocycles. The summed E-state index contributed by atoms with van der Waals surface area (Å²) in [5.74, 6) is 6.34. The minimum atomic E-state index is -4.42. The quantitative estimate of drug-likeness (QED) is 0.370. The lowest BCUT2D eigenvalue weighted by Gasteiger charge is -2.20. The number of likely N-dealkylation sites (N-methyl/N-ethyl adjacent to an activating group) is 1. The van der Waals surface area contributed by atoms with E-state index in [9.17, 15) is 13.2 Å². The van der Waals surface area contributed by atoms with Gasteiger partial charge in [-0.3, -0.25) is 14.2 Å². The van der Waals surface area contributed by atoms with Crippen LogP contribution in [0.3, 0.4) is 0 Å². The molecule has 3 heterocycles. The molecule has 7 heteroatoms. The van der Waals surface area contributed by atoms with Crippen LogP contribution < -0.4 is 0 Å². The molecular weight excluding hydrogens is 449 g/mol. The molecule has 0 spiro atoms. The van der Waals surface area contributed by atoms with E-state index in [4.69, 9.17) is 0 Å². The number of hydrogen-bond acceptors (Lipinski definition) is 3. The molecule has 1 saturated heterocycles. The number of hydrogen-bond donors (Lipinski definition) is 0. The summed E-state index contributed by atoms with van der Waals surface area (Å²) in [4.78, 5) is 8.48. The van der Waals surface area contributed by atoms with Crippen molar-refractivity contribution in [1.29, 1.82) is 0 Å². The van der Waals surface area contributed by atoms with Gasteiger partial charge in [-0.1, -0.05) is 36.3 Å². The van der Waals surface area contributed by atoms with Crippen LogP contribution >= 0.6 is 0 Å². The van der Waals surface area contributed by atoms with Crippen molar-refractivity contribution in [2.24, 2.45) is 0 Å². The number of aromatic nitrogens is 2. The van der Waals surface area contributed by atoms with Crippen LogP contribution in [0.4, 0.5) is 13.2 Å². The third kappa shape index (κ3) is 4.95. The molecule has 0 unspecified atom stereocenters. The SMILES string of the molecule is Cc1ccc(-c2ccc(CN3CCN(C)C3)c(C(F)(F)F)c2)cc1C#Cc1cnc2ccccn12. The Labute approximate surface area is 202 Å². The third-order valence-corrected chi connectivity index (χ3v) is 6.36. The van der Waals surface area contributed by atoms with Gasteiger partial charge >= 0.3 is 6.18 Å². The van der Waals surface area contributed by atoms with Gasteiger partial charge in [0.05, 0.1) is 18.4 Å². The Bertz CT molecular complexity index is 1440. The van der Waals surface area contributed by atoms with Crippen molar-refractivity contribution in [2.45, 2.75) is 19.6 Å². The predicted molar refractivity (Wildman–Crippen MR) is 131 cm³/mol. The van der Waals surface area contributed by atoms with Crippen LogP contribution in [0, 0.1) is 18.8 Å². The van der Waals surface area contributed by atoms with Gasteiger partial charge < -0.3 is 0 Å². The number of benzene rings is 2. The zero-order chi connectivity index (χ0) is 24.6. The number of imidazole rings is 1. The van der Waals surface area contributed by atoms with Gasteiger partial charge in [0.1, 0.15) is 11.3 Å². The van der Waals surface area contributed by atoms with Crippen molar-refractivity contribution < 1.29 is 13.2 Å². The first-order valence-electron chi connectivity index (χ1n) is 11.4. The largest absolute Gasteiger partial charge is 0.416 e. The Morgan fingerprint density at radius 1 is 0.971 bits per heavy atom. The lowest BCUT2D eigenvalue weighted by atomic mass is 9.96. The smallest absolute Gasteiger partial charge is 0.293 e. The molecule has 4 nitrogen and oxygen atoms in total. The van der Waals surface area contributed by atoms with Gasteiger partial charge in [-0.05, 0) is 66.4 Å². The third-order valence-electron chi connectivity index (χ3n) is 6.36. The molecule has 0 bridgehead atoms. The van der Waals surface area contributed by atoms with E-state index in [1.807, 2.05) is 65.9 Å². The highest BCUT2D eigenvalue weighted by molar-refractivity contribution is 5.68. The van der Waals surface area contributed by atoms with E-state index >= 15 is 0 Å². The van der Waals surface area contributed by atoms with Crippen LogP contribution in [0.2, 0.25) is 0 Å². The van der Waals surface area contributed by atoms with E-state index in [0.717, 1.165) is 35.6 Å². The fourth-order valence-corrected chi connectivity index (χ4v) is 4.42. The molecule has 2 aromatic carbocycles. The second-order valence-electron chi connectivity index (χ2n) is 9.00. The second kappa shape index (κ2) is 9.21. The molecule has 1 aliphatic heterocycles. The standard InChI is InChI=1S/C28H25F3N4/c1-20-6-7-22(15-21(20)10-11-25-17-32-27-5-3-4-12-35(25)27)23-8-9-24(26(16-23)28(29,30)31)18-34-14-13-33(2)19-34/h3-9,12,15-17H,13-14,18-19H2,1-2H3. The molecule has 1 aliphatic rings. The van der Waals surface area contributed by atoms with Crippen molar-refractivity contribution in [1.82, 2.24) is 19.2 Å². The Kier molecular flexibility index (Phi) is 6.10. The van der Waals surface area contributed by atoms with Gasteiger partial charge in [0.2, 0.25) is 0 Å². The molecule has 0 radical (unpaired) electrons. The summed E-state index contributed by atoms with van der Waals surface area (Å²) in [5.41, 5.74) is 4.24. The maximum absolute atomic E-state index is 14.0. The number of nitrogens with zero attached hydrogens (tertiary/aromatic N) is 4. The van der Waals surface area contributed by atoms with E-state index in [0.29, 0.717) is 23.4 Å². The number of halogens is 3. The highest BCUT2D eigenvalue weighted by atomic mass is 19.4. The number of fused-ring (bicyclic) bond motifs is 1. The minimum absolute atomic E-state index is 0.281. The van der Waals surface area contributed by atoms with Gasteiger partial charge in [-0.25, -0.2) is 4.98 Å². The van der Waals surface area contributed by atoms with Crippen LogP contribution in [0.15, 0.2) is 67.0 Å². The van der Waals surface area contributed by atoms with Crippen molar-refractivity contribution in [3.8, 4) is 23.0 Å². The van der Waals surface area contributed by atoms with E-state index < -0.39 is 11.7 Å². The summed E-state index contributed by atoms with van der Waals surface area (Å²) < 4.78 is 43.9. The van der Waals surface area contributed by atoms with Crippen LogP contribution in [0.5, 0.6) is 0 Å². The second-order valence-corrected chi connectivity index (χ2v) is 9.00. The van der Waals surface area contributed by atoms with Gasteiger partial charge in [-0.15, -0.1) is 0 Å². The Morgan fingerprint density at radius 2 is 1.77 bits per heavy atom. The van der Waals surface area contributed by atoms with Crippen LogP contribution in [-0.2, 0) is 12.7 Å². The maximum Gasteiger partial charge on any atom is 0.416 e. The first-order chi connectivity index (χ1) is 16.8. The van der Waals surface area contributed by atoms with Crippen molar-refractivity contribution >= 4 is 5.65 Å². The van der Waals surface area contributed by atoms with Crippen LogP contribution in [0.25, 0.3) is 16.8 Å². The summed E-state index contributed by atoms with van der Waals surface area (Å²) in [5, 5.41) is 0. The fraction of sp³-hybridized carbons (Fsp3) is 0.250. The molecule has 35 heavy (non-hydrogen) atoms. The van der Waals surface area contributed by atoms with Crippen LogP contribution in [0.1, 0.15) is 27.9 Å². The Hall–Kier alpha value is -3.60. The molecule has 2 aromatic heterocycles. The van der Waals surface area contributed by atoms with Crippen molar-refractivity contribution in [3.63, 3.8) is 0 Å². The Morgan fingerprint density at radius 3 is 2.54 bits per heavy atom. The monoisotopic (exact) mass is 474 g/mol. The van der Waals surface area contributed by atoms with E-state index in [2.05, 4.69) is 21.7 Å². The minimum Gasteiger partial charge on any atom is -0.293 e. The van der Waals surface area contributed by atoms with Crippen molar-refractivity contribution in [3.05, 3.63) is 94.9 Å². The molecule has 178 valence electrons. The summed E-state index contributed by atoms with van der Waals surface area (Å²) in [7, 11) is 1.97. The van der Waals surface area contributed by atoms with E-state index in [1.54, 1.807) is 18.3 Å². The lowest BCUT2D eigenvalue weighted by Crippen LogP contribution is -2.24. The van der Waals surface area contributed by atoms with Gasteiger partial charge in [0.25, 0.3) is 0 Å². The summed E-state index contributed by atoms with van der Waals surface area (Å²) in [6.45, 7) is 4.53. The van der Waals surface area contributed by atoms with Gasteiger partial charge in [0, 0.05) is 31.4 Å². The molecule has 4 aromatic rings. The average Bonchev–Trinajstić information content (AvgIpc) is 3.44. The number of rotatable bonds is 3. The summed E-state index contributed by atoms with van der Waals surface area (Å²) in [6.07, 6.45) is -0.808. The van der Waals surface area contributed by atoms with E-state index in [-0.39, 0.29) is 6.54 Å². The molecule has 0 amide bonds. The zero-order valence-electron chi connectivity index (χ0n) is 19.6. The summed E-state index contributed by atoms with van der Waals surface area (Å²) >= 11 is 0. The molecule has 0 atom stereocenters. The molecular formula is C28H25F3N4. The number of pyridine rings is 1. The van der Waals surface area contributed by atoms with Crippen molar-refractivity contribution in [2.75, 3.05) is 26.8 Å². The van der Waals surface area contributed by atoms with E-state index in [1.165, 1.54) is 6.07 Å². The first kappa shape index (κ1) is 23.2. The molecule has 0 saturated carbocycles. The maximum atomic E-state index is 14.0. The first-order valence-corrected chi connectivity index (χ1v) is 11.4. The number of alkyl halides is 3. The Balaban J connectivity index is 1.48. The summed E-state index contributed by atoms with van der Waals surface area (Å²) in [6, 6.07) is 16.0. The molecule has 5 rings (SSSR count).